The van der Waals surface area contributed by atoms with Gasteiger partial charge in [0, 0.05) is 5.75 Å². The van der Waals surface area contributed by atoms with Crippen LogP contribution in [0.2, 0.25) is 0 Å². The zero-order valence-corrected chi connectivity index (χ0v) is 14.0. The lowest BCUT2D eigenvalue weighted by molar-refractivity contribution is 0.282. The van der Waals surface area contributed by atoms with Crippen molar-refractivity contribution in [2.45, 2.75) is 31.4 Å². The van der Waals surface area contributed by atoms with Crippen LogP contribution < -0.4 is 0 Å². The van der Waals surface area contributed by atoms with Crippen molar-refractivity contribution in [1.29, 1.82) is 0 Å². The van der Waals surface area contributed by atoms with Gasteiger partial charge in [-0.3, -0.25) is 4.57 Å². The minimum absolute atomic E-state index is 0.0776. The Hall–Kier alpha value is -2.11. The summed E-state index contributed by atoms with van der Waals surface area (Å²) in [5.74, 6) is 1.70. The van der Waals surface area contributed by atoms with Gasteiger partial charge in [0.2, 0.25) is 0 Å². The van der Waals surface area contributed by atoms with Gasteiger partial charge in [-0.25, -0.2) is 0 Å². The highest BCUT2D eigenvalue weighted by Crippen LogP contribution is 2.26. The van der Waals surface area contributed by atoms with E-state index in [-0.39, 0.29) is 6.61 Å². The average Bonchev–Trinajstić information content (AvgIpc) is 2.94. The van der Waals surface area contributed by atoms with E-state index < -0.39 is 0 Å². The van der Waals surface area contributed by atoms with Gasteiger partial charge in [0.05, 0.1) is 12.3 Å². The second-order valence-electron chi connectivity index (χ2n) is 5.41. The first-order chi connectivity index (χ1) is 11.2. The number of aryl methyl sites for hydroxylation is 2. The highest BCUT2D eigenvalue weighted by molar-refractivity contribution is 7.98. The molecule has 4 nitrogen and oxygen atoms in total. The molecule has 0 saturated heterocycles. The van der Waals surface area contributed by atoms with Crippen LogP contribution in [0.5, 0.6) is 0 Å². The van der Waals surface area contributed by atoms with Crippen molar-refractivity contribution in [2.75, 3.05) is 0 Å². The number of hydrogen-bond donors (Lipinski definition) is 1. The molecule has 0 spiro atoms. The molecule has 23 heavy (non-hydrogen) atoms. The number of hydrogen-bond acceptors (Lipinski definition) is 4. The standard InChI is InChI=1S/C18H19N3OS/c1-13-5-3-4-6-17(13)21-14(2)19-20-18(21)23-12-16-9-7-15(11-22)8-10-16/h3-10,22H,11-12H2,1-2H3. The van der Waals surface area contributed by atoms with Crippen molar-refractivity contribution in [3.63, 3.8) is 0 Å². The predicted octanol–water partition coefficient (Wildman–Crippen LogP) is 3.67. The Bertz CT molecular complexity index is 796. The van der Waals surface area contributed by atoms with Crippen LogP contribution in [0.4, 0.5) is 0 Å². The molecule has 0 unspecified atom stereocenters. The molecule has 0 amide bonds. The minimum atomic E-state index is 0.0776. The van der Waals surface area contributed by atoms with Gasteiger partial charge in [-0.1, -0.05) is 54.2 Å². The Morgan fingerprint density at radius 2 is 1.65 bits per heavy atom. The highest BCUT2D eigenvalue weighted by Gasteiger charge is 2.13. The van der Waals surface area contributed by atoms with Gasteiger partial charge in [-0.15, -0.1) is 10.2 Å². The Kier molecular flexibility index (Phi) is 4.79. The number of benzene rings is 2. The van der Waals surface area contributed by atoms with E-state index in [4.69, 9.17) is 5.11 Å². The summed E-state index contributed by atoms with van der Waals surface area (Å²) in [5, 5.41) is 18.5. The molecule has 1 heterocycles. The van der Waals surface area contributed by atoms with E-state index in [2.05, 4.69) is 33.8 Å². The average molecular weight is 325 g/mol. The van der Waals surface area contributed by atoms with Crippen molar-refractivity contribution >= 4 is 11.8 Å². The maximum Gasteiger partial charge on any atom is 0.196 e. The molecule has 0 atom stereocenters. The first kappa shape index (κ1) is 15.8. The summed E-state index contributed by atoms with van der Waals surface area (Å²) in [7, 11) is 0. The summed E-state index contributed by atoms with van der Waals surface area (Å²) in [6.07, 6.45) is 0. The fourth-order valence-corrected chi connectivity index (χ4v) is 3.36. The van der Waals surface area contributed by atoms with Gasteiger partial charge in [-0.05, 0) is 36.6 Å². The van der Waals surface area contributed by atoms with E-state index in [1.54, 1.807) is 11.8 Å². The predicted molar refractivity (Wildman–Crippen MR) is 92.8 cm³/mol. The molecule has 0 fully saturated rings. The number of aliphatic hydroxyl groups is 1. The van der Waals surface area contributed by atoms with Crippen molar-refractivity contribution in [3.05, 3.63) is 71.0 Å². The Morgan fingerprint density at radius 1 is 0.957 bits per heavy atom. The van der Waals surface area contributed by atoms with Crippen LogP contribution in [0.25, 0.3) is 5.69 Å². The molecule has 0 bridgehead atoms. The molecular weight excluding hydrogens is 306 g/mol. The monoisotopic (exact) mass is 325 g/mol. The summed E-state index contributed by atoms with van der Waals surface area (Å²) < 4.78 is 2.10. The van der Waals surface area contributed by atoms with E-state index in [0.29, 0.717) is 0 Å². The fraction of sp³-hybridized carbons (Fsp3) is 0.222. The number of nitrogens with zero attached hydrogens (tertiary/aromatic N) is 3. The van der Waals surface area contributed by atoms with Crippen LogP contribution >= 0.6 is 11.8 Å². The summed E-state index contributed by atoms with van der Waals surface area (Å²) in [5.41, 5.74) is 4.44. The molecule has 2 aromatic carbocycles. The maximum atomic E-state index is 9.10. The molecule has 118 valence electrons. The largest absolute Gasteiger partial charge is 0.392 e. The maximum absolute atomic E-state index is 9.10. The highest BCUT2D eigenvalue weighted by atomic mass is 32.2. The van der Waals surface area contributed by atoms with Crippen molar-refractivity contribution < 1.29 is 5.11 Å². The van der Waals surface area contributed by atoms with Crippen molar-refractivity contribution in [1.82, 2.24) is 14.8 Å². The number of thioether (sulfide) groups is 1. The lowest BCUT2D eigenvalue weighted by Gasteiger charge is -2.11. The van der Waals surface area contributed by atoms with Crippen molar-refractivity contribution in [3.8, 4) is 5.69 Å². The van der Waals surface area contributed by atoms with Crippen molar-refractivity contribution in [2.24, 2.45) is 0 Å². The lowest BCUT2D eigenvalue weighted by Crippen LogP contribution is -2.01. The first-order valence-electron chi connectivity index (χ1n) is 7.48. The first-order valence-corrected chi connectivity index (χ1v) is 8.47. The molecular formula is C18H19N3OS. The number of aliphatic hydroxyl groups excluding tert-OH is 1. The number of aromatic nitrogens is 3. The third kappa shape index (κ3) is 3.46. The quantitative estimate of drug-likeness (QED) is 0.727. The van der Waals surface area contributed by atoms with Gasteiger partial charge in [-0.2, -0.15) is 0 Å². The molecule has 0 aliphatic carbocycles. The molecule has 5 heteroatoms. The van der Waals surface area contributed by atoms with E-state index in [0.717, 1.165) is 28.0 Å². The van der Waals surface area contributed by atoms with Crippen LogP contribution in [0, 0.1) is 13.8 Å². The zero-order chi connectivity index (χ0) is 16.2. The Labute approximate surface area is 140 Å². The molecule has 3 rings (SSSR count). The normalized spacial score (nSPS) is 10.9. The van der Waals surface area contributed by atoms with Gasteiger partial charge in [0.1, 0.15) is 5.82 Å². The van der Waals surface area contributed by atoms with E-state index in [1.807, 2.05) is 43.3 Å². The third-order valence-corrected chi connectivity index (χ3v) is 4.73. The summed E-state index contributed by atoms with van der Waals surface area (Å²) in [6, 6.07) is 16.2. The smallest absolute Gasteiger partial charge is 0.196 e. The van der Waals surface area contributed by atoms with E-state index >= 15 is 0 Å². The topological polar surface area (TPSA) is 50.9 Å². The van der Waals surface area contributed by atoms with Crippen LogP contribution in [0.15, 0.2) is 53.7 Å². The zero-order valence-electron chi connectivity index (χ0n) is 13.2. The van der Waals surface area contributed by atoms with E-state index in [1.165, 1.54) is 11.1 Å². The van der Waals surface area contributed by atoms with Crippen LogP contribution in [0.3, 0.4) is 0 Å². The third-order valence-electron chi connectivity index (χ3n) is 3.72. The SMILES string of the molecule is Cc1ccccc1-n1c(C)nnc1SCc1ccc(CO)cc1. The summed E-state index contributed by atoms with van der Waals surface area (Å²) in [4.78, 5) is 0. The van der Waals surface area contributed by atoms with Crippen LogP contribution in [0.1, 0.15) is 22.5 Å². The molecule has 1 N–H and O–H groups in total. The number of para-hydroxylation sites is 1. The van der Waals surface area contributed by atoms with Gasteiger partial charge in [0.25, 0.3) is 0 Å². The molecule has 3 aromatic rings. The fourth-order valence-electron chi connectivity index (χ4n) is 2.42. The minimum Gasteiger partial charge on any atom is -0.392 e. The molecule has 0 aliphatic rings. The molecule has 0 saturated carbocycles. The van der Waals surface area contributed by atoms with Crippen LogP contribution in [-0.2, 0) is 12.4 Å². The van der Waals surface area contributed by atoms with Gasteiger partial charge < -0.3 is 5.11 Å². The molecule has 1 aromatic heterocycles. The van der Waals surface area contributed by atoms with Gasteiger partial charge in [0.15, 0.2) is 5.16 Å². The van der Waals surface area contributed by atoms with E-state index in [9.17, 15) is 0 Å². The summed E-state index contributed by atoms with van der Waals surface area (Å²) in [6.45, 7) is 4.14. The number of rotatable bonds is 5. The van der Waals surface area contributed by atoms with Gasteiger partial charge >= 0.3 is 0 Å². The summed E-state index contributed by atoms with van der Waals surface area (Å²) >= 11 is 1.66. The second kappa shape index (κ2) is 6.98. The second-order valence-corrected chi connectivity index (χ2v) is 6.36. The lowest BCUT2D eigenvalue weighted by atomic mass is 10.2. The Balaban J connectivity index is 1.82. The Morgan fingerprint density at radius 3 is 2.35 bits per heavy atom. The molecule has 0 aliphatic heterocycles. The van der Waals surface area contributed by atoms with Crippen LogP contribution in [-0.4, -0.2) is 19.9 Å². The molecule has 0 radical (unpaired) electrons.